The zero-order chi connectivity index (χ0) is 20.9. The molecule has 3 nitrogen and oxygen atoms in total. The predicted molar refractivity (Wildman–Crippen MR) is 118 cm³/mol. The quantitative estimate of drug-likeness (QED) is 0.560. The maximum absolute atomic E-state index is 13.1. The van der Waals surface area contributed by atoms with Gasteiger partial charge in [-0.3, -0.25) is 4.79 Å². The monoisotopic (exact) mass is 408 g/mol. The minimum absolute atomic E-state index is 0.0129. The zero-order valence-electron chi connectivity index (χ0n) is 17.7. The molecule has 1 saturated carbocycles. The number of carbonyl (C=O) groups is 1. The highest BCUT2D eigenvalue weighted by Gasteiger charge is 2.71. The lowest BCUT2D eigenvalue weighted by atomic mass is 9.56. The number of methoxy groups -OCH3 is 2. The van der Waals surface area contributed by atoms with E-state index in [4.69, 9.17) is 9.47 Å². The topological polar surface area (TPSA) is 35.5 Å². The number of hydrogen-bond acceptors (Lipinski definition) is 3. The van der Waals surface area contributed by atoms with Gasteiger partial charge in [-0.15, -0.1) is 0 Å². The molecule has 0 aromatic heterocycles. The number of fused-ring (bicyclic) bond motifs is 9. The summed E-state index contributed by atoms with van der Waals surface area (Å²) in [6.07, 6.45) is 1.28. The van der Waals surface area contributed by atoms with E-state index in [1.54, 1.807) is 14.2 Å². The lowest BCUT2D eigenvalue weighted by molar-refractivity contribution is -0.124. The van der Waals surface area contributed by atoms with Crippen molar-refractivity contribution in [2.45, 2.75) is 36.5 Å². The predicted octanol–water partition coefficient (Wildman–Crippen LogP) is 5.52. The van der Waals surface area contributed by atoms with Crippen molar-refractivity contribution in [2.75, 3.05) is 14.2 Å². The SMILES string of the molecule is COc1ccc2c(c1)[C@H]1c3ccccc3[C@@H]3c4cc(OC)ccc4[C@H]4CC(=O)C[C@H]2C134. The van der Waals surface area contributed by atoms with Gasteiger partial charge in [-0.05, 0) is 69.5 Å². The first-order valence-corrected chi connectivity index (χ1v) is 11.1. The lowest BCUT2D eigenvalue weighted by Gasteiger charge is -2.45. The van der Waals surface area contributed by atoms with E-state index < -0.39 is 0 Å². The minimum atomic E-state index is -0.0129. The maximum atomic E-state index is 13.1. The lowest BCUT2D eigenvalue weighted by Crippen LogP contribution is -2.40. The Bertz CT molecular complexity index is 1180. The molecule has 4 aliphatic carbocycles. The minimum Gasteiger partial charge on any atom is -0.497 e. The third-order valence-electron chi connectivity index (χ3n) is 8.65. The molecule has 4 atom stereocenters. The van der Waals surface area contributed by atoms with E-state index in [0.29, 0.717) is 30.5 Å². The van der Waals surface area contributed by atoms with Crippen LogP contribution in [0.4, 0.5) is 0 Å². The summed E-state index contributed by atoms with van der Waals surface area (Å²) in [7, 11) is 3.47. The summed E-state index contributed by atoms with van der Waals surface area (Å²) in [5.74, 6) is 3.24. The van der Waals surface area contributed by atoms with Crippen molar-refractivity contribution >= 4 is 5.78 Å². The van der Waals surface area contributed by atoms with Crippen LogP contribution in [0.3, 0.4) is 0 Å². The number of hydrogen-bond donors (Lipinski definition) is 0. The van der Waals surface area contributed by atoms with Crippen LogP contribution in [0.2, 0.25) is 0 Å². The van der Waals surface area contributed by atoms with E-state index >= 15 is 0 Å². The van der Waals surface area contributed by atoms with Gasteiger partial charge >= 0.3 is 0 Å². The second-order valence-electron chi connectivity index (χ2n) is 9.54. The van der Waals surface area contributed by atoms with Crippen LogP contribution in [-0.4, -0.2) is 20.0 Å². The molecule has 1 spiro atoms. The Labute approximate surface area is 182 Å². The fourth-order valence-electron chi connectivity index (χ4n) is 7.81. The highest BCUT2D eigenvalue weighted by atomic mass is 16.5. The van der Waals surface area contributed by atoms with Crippen molar-refractivity contribution in [3.8, 4) is 11.5 Å². The Morgan fingerprint density at radius 2 is 1.16 bits per heavy atom. The molecule has 4 aliphatic rings. The van der Waals surface area contributed by atoms with Gasteiger partial charge in [0, 0.05) is 30.1 Å². The molecule has 3 aromatic carbocycles. The Morgan fingerprint density at radius 3 is 1.61 bits per heavy atom. The molecule has 154 valence electrons. The van der Waals surface area contributed by atoms with Gasteiger partial charge in [0.15, 0.2) is 0 Å². The molecule has 0 unspecified atom stereocenters. The van der Waals surface area contributed by atoms with E-state index in [2.05, 4.69) is 60.7 Å². The summed E-state index contributed by atoms with van der Waals surface area (Å²) in [5.41, 5.74) is 8.26. The summed E-state index contributed by atoms with van der Waals surface area (Å²) < 4.78 is 11.3. The Balaban J connectivity index is 1.59. The summed E-state index contributed by atoms with van der Waals surface area (Å²) in [4.78, 5) is 13.1. The molecular formula is C28H24O3. The Hall–Kier alpha value is -3.07. The van der Waals surface area contributed by atoms with Gasteiger partial charge in [-0.2, -0.15) is 0 Å². The first kappa shape index (κ1) is 17.6. The highest BCUT2D eigenvalue weighted by Crippen LogP contribution is 2.80. The van der Waals surface area contributed by atoms with Gasteiger partial charge in [0.05, 0.1) is 14.2 Å². The third-order valence-corrected chi connectivity index (χ3v) is 8.65. The molecule has 1 fully saturated rings. The molecule has 0 saturated heterocycles. The Morgan fingerprint density at radius 1 is 0.677 bits per heavy atom. The van der Waals surface area contributed by atoms with Gasteiger partial charge in [-0.25, -0.2) is 0 Å². The second-order valence-corrected chi connectivity index (χ2v) is 9.54. The molecule has 0 aliphatic heterocycles. The van der Waals surface area contributed by atoms with E-state index in [9.17, 15) is 4.79 Å². The third kappa shape index (κ3) is 1.90. The molecular weight excluding hydrogens is 384 g/mol. The van der Waals surface area contributed by atoms with Crippen LogP contribution >= 0.6 is 0 Å². The molecule has 7 rings (SSSR count). The summed E-state index contributed by atoms with van der Waals surface area (Å²) in [6, 6.07) is 22.0. The van der Waals surface area contributed by atoms with Crippen LogP contribution in [0.25, 0.3) is 0 Å². The van der Waals surface area contributed by atoms with Crippen molar-refractivity contribution in [1.29, 1.82) is 0 Å². The number of carbonyl (C=O) groups excluding carboxylic acids is 1. The van der Waals surface area contributed by atoms with E-state index in [1.807, 2.05) is 0 Å². The molecule has 0 heterocycles. The molecule has 3 aromatic rings. The molecule has 0 radical (unpaired) electrons. The van der Waals surface area contributed by atoms with E-state index in [-0.39, 0.29) is 17.3 Å². The van der Waals surface area contributed by atoms with Crippen LogP contribution in [0, 0.1) is 5.41 Å². The van der Waals surface area contributed by atoms with Crippen LogP contribution < -0.4 is 9.47 Å². The van der Waals surface area contributed by atoms with Gasteiger partial charge in [0.1, 0.15) is 17.3 Å². The normalized spacial score (nSPS) is 30.8. The smallest absolute Gasteiger partial charge is 0.134 e. The van der Waals surface area contributed by atoms with Crippen molar-refractivity contribution in [1.82, 2.24) is 0 Å². The van der Waals surface area contributed by atoms with Crippen molar-refractivity contribution < 1.29 is 14.3 Å². The first-order chi connectivity index (χ1) is 15.2. The second kappa shape index (κ2) is 5.79. The van der Waals surface area contributed by atoms with Gasteiger partial charge in [0.25, 0.3) is 0 Å². The molecule has 31 heavy (non-hydrogen) atoms. The van der Waals surface area contributed by atoms with Crippen molar-refractivity contribution in [2.24, 2.45) is 5.41 Å². The van der Waals surface area contributed by atoms with Crippen LogP contribution in [0.15, 0.2) is 60.7 Å². The average Bonchev–Trinajstić information content (AvgIpc) is 3.36. The van der Waals surface area contributed by atoms with Crippen LogP contribution in [0.1, 0.15) is 69.9 Å². The number of ketones is 1. The van der Waals surface area contributed by atoms with Crippen molar-refractivity contribution in [3.05, 3.63) is 94.0 Å². The maximum Gasteiger partial charge on any atom is 0.134 e. The van der Waals surface area contributed by atoms with Crippen LogP contribution in [-0.2, 0) is 4.79 Å². The number of benzene rings is 3. The molecule has 0 N–H and O–H groups in total. The van der Waals surface area contributed by atoms with Gasteiger partial charge < -0.3 is 9.47 Å². The largest absolute Gasteiger partial charge is 0.497 e. The number of Topliss-reactive ketones (excluding diaryl/α,β-unsaturated/α-hetero) is 1. The molecule has 0 bridgehead atoms. The molecule has 0 amide bonds. The molecule has 3 heteroatoms. The average molecular weight is 408 g/mol. The van der Waals surface area contributed by atoms with E-state index in [0.717, 1.165) is 11.5 Å². The Kier molecular flexibility index (Phi) is 3.29. The standard InChI is InChI=1S/C28H24O3/c1-30-16-7-9-18-22(13-16)26-20-5-3-4-6-21(20)27-23-14-17(31-2)8-10-19(23)25-12-15(29)11-24(18)28(25,26)27/h3-10,13-14,24-27H,11-12H2,1-2H3/t24-,25-,26-,27-,28?/m1/s1. The number of rotatable bonds is 2. The highest BCUT2D eigenvalue weighted by molar-refractivity contribution is 5.85. The van der Waals surface area contributed by atoms with Gasteiger partial charge in [0.2, 0.25) is 0 Å². The first-order valence-electron chi connectivity index (χ1n) is 11.1. The summed E-state index contributed by atoms with van der Waals surface area (Å²) in [6.45, 7) is 0. The summed E-state index contributed by atoms with van der Waals surface area (Å²) in [5, 5.41) is 0. The zero-order valence-corrected chi connectivity index (χ0v) is 17.7. The fourth-order valence-corrected chi connectivity index (χ4v) is 7.81. The summed E-state index contributed by atoms with van der Waals surface area (Å²) >= 11 is 0. The number of ether oxygens (including phenoxy) is 2. The fraction of sp³-hybridized carbons (Fsp3) is 0.321. The van der Waals surface area contributed by atoms with Crippen LogP contribution in [0.5, 0.6) is 11.5 Å². The van der Waals surface area contributed by atoms with Gasteiger partial charge in [-0.1, -0.05) is 36.4 Å². The van der Waals surface area contributed by atoms with Crippen molar-refractivity contribution in [3.63, 3.8) is 0 Å². The van der Waals surface area contributed by atoms with E-state index in [1.165, 1.54) is 33.4 Å².